The Balaban J connectivity index is 1.72. The maximum atomic E-state index is 3.66. The van der Waals surface area contributed by atoms with Crippen molar-refractivity contribution in [3.63, 3.8) is 0 Å². The molecule has 19 heavy (non-hydrogen) atoms. The first-order valence-electron chi connectivity index (χ1n) is 7.83. The summed E-state index contributed by atoms with van der Waals surface area (Å²) in [6, 6.07) is 8.79. The van der Waals surface area contributed by atoms with Crippen LogP contribution in [0.3, 0.4) is 0 Å². The largest absolute Gasteiger partial charge is 0.312 e. The van der Waals surface area contributed by atoms with E-state index < -0.39 is 0 Å². The summed E-state index contributed by atoms with van der Waals surface area (Å²) in [5, 5.41) is 3.66. The molecule has 0 unspecified atom stereocenters. The van der Waals surface area contributed by atoms with Crippen molar-refractivity contribution in [3.05, 3.63) is 35.4 Å². The average molecular weight is 260 g/mol. The standard InChI is InChI=1S/C17H28N2/c1-3-16-7-5-6-8-17(16)14-18-13-15-9-11-19(4-2)12-10-15/h5-8,15,18H,3-4,9-14H2,1-2H3. The smallest absolute Gasteiger partial charge is 0.0208 e. The van der Waals surface area contributed by atoms with Crippen molar-refractivity contribution in [1.29, 1.82) is 0 Å². The van der Waals surface area contributed by atoms with Gasteiger partial charge in [0.15, 0.2) is 0 Å². The zero-order chi connectivity index (χ0) is 13.5. The van der Waals surface area contributed by atoms with Gasteiger partial charge >= 0.3 is 0 Å². The molecular formula is C17H28N2. The third-order valence-electron chi connectivity index (χ3n) is 4.40. The van der Waals surface area contributed by atoms with E-state index in [-0.39, 0.29) is 0 Å². The SMILES string of the molecule is CCc1ccccc1CNCC1CCN(CC)CC1. The van der Waals surface area contributed by atoms with Crippen molar-refractivity contribution in [2.75, 3.05) is 26.2 Å². The molecule has 1 N–H and O–H groups in total. The van der Waals surface area contributed by atoms with Gasteiger partial charge < -0.3 is 10.2 Å². The summed E-state index contributed by atoms with van der Waals surface area (Å²) in [6.45, 7) is 10.5. The predicted octanol–water partition coefficient (Wildman–Crippen LogP) is 3.07. The number of hydrogen-bond donors (Lipinski definition) is 1. The molecule has 1 saturated heterocycles. The fourth-order valence-corrected chi connectivity index (χ4v) is 2.99. The van der Waals surface area contributed by atoms with E-state index in [9.17, 15) is 0 Å². The van der Waals surface area contributed by atoms with Crippen LogP contribution in [-0.4, -0.2) is 31.1 Å². The molecule has 0 aromatic heterocycles. The molecule has 1 heterocycles. The Morgan fingerprint density at radius 2 is 1.79 bits per heavy atom. The minimum atomic E-state index is 0.872. The Morgan fingerprint density at radius 1 is 1.11 bits per heavy atom. The number of aryl methyl sites for hydroxylation is 1. The van der Waals surface area contributed by atoms with Crippen molar-refractivity contribution in [1.82, 2.24) is 10.2 Å². The zero-order valence-corrected chi connectivity index (χ0v) is 12.5. The Morgan fingerprint density at radius 3 is 2.42 bits per heavy atom. The van der Waals surface area contributed by atoms with Gasteiger partial charge in [0.1, 0.15) is 0 Å². The van der Waals surface area contributed by atoms with E-state index in [2.05, 4.69) is 48.3 Å². The summed E-state index contributed by atoms with van der Waals surface area (Å²) in [7, 11) is 0. The summed E-state index contributed by atoms with van der Waals surface area (Å²) in [4.78, 5) is 2.56. The van der Waals surface area contributed by atoms with Crippen molar-refractivity contribution >= 4 is 0 Å². The topological polar surface area (TPSA) is 15.3 Å². The second kappa shape index (κ2) is 7.66. The van der Waals surface area contributed by atoms with Crippen LogP contribution in [0.25, 0.3) is 0 Å². The van der Waals surface area contributed by atoms with E-state index in [1.165, 1.54) is 50.1 Å². The number of likely N-dealkylation sites (tertiary alicyclic amines) is 1. The van der Waals surface area contributed by atoms with Gasteiger partial charge in [-0.25, -0.2) is 0 Å². The predicted molar refractivity (Wildman–Crippen MR) is 82.4 cm³/mol. The van der Waals surface area contributed by atoms with Crippen LogP contribution >= 0.6 is 0 Å². The average Bonchev–Trinajstić information content (AvgIpc) is 2.48. The van der Waals surface area contributed by atoms with E-state index in [0.717, 1.165) is 18.9 Å². The zero-order valence-electron chi connectivity index (χ0n) is 12.5. The highest BCUT2D eigenvalue weighted by atomic mass is 15.1. The van der Waals surface area contributed by atoms with Gasteiger partial charge in [0, 0.05) is 6.54 Å². The number of piperidine rings is 1. The van der Waals surface area contributed by atoms with Crippen LogP contribution in [0.5, 0.6) is 0 Å². The molecule has 0 saturated carbocycles. The lowest BCUT2D eigenvalue weighted by Gasteiger charge is -2.31. The van der Waals surface area contributed by atoms with Gasteiger partial charge in [0.05, 0.1) is 0 Å². The third kappa shape index (κ3) is 4.32. The van der Waals surface area contributed by atoms with E-state index in [4.69, 9.17) is 0 Å². The number of nitrogens with one attached hydrogen (secondary N) is 1. The monoisotopic (exact) mass is 260 g/mol. The number of benzene rings is 1. The molecule has 1 aromatic rings. The molecule has 2 heteroatoms. The van der Waals surface area contributed by atoms with Gasteiger partial charge in [-0.15, -0.1) is 0 Å². The fourth-order valence-electron chi connectivity index (χ4n) is 2.99. The Hall–Kier alpha value is -0.860. The third-order valence-corrected chi connectivity index (χ3v) is 4.40. The summed E-state index contributed by atoms with van der Waals surface area (Å²) < 4.78 is 0. The Kier molecular flexibility index (Phi) is 5.87. The lowest BCUT2D eigenvalue weighted by molar-refractivity contribution is 0.190. The molecule has 1 aliphatic rings. The highest BCUT2D eigenvalue weighted by molar-refractivity contribution is 5.26. The van der Waals surface area contributed by atoms with Gasteiger partial charge in [0.25, 0.3) is 0 Å². The van der Waals surface area contributed by atoms with Crippen LogP contribution in [0, 0.1) is 5.92 Å². The van der Waals surface area contributed by atoms with Crippen LogP contribution in [0.2, 0.25) is 0 Å². The van der Waals surface area contributed by atoms with Crippen molar-refractivity contribution < 1.29 is 0 Å². The summed E-state index contributed by atoms with van der Waals surface area (Å²) in [6.07, 6.45) is 3.85. The van der Waals surface area contributed by atoms with Gasteiger partial charge in [-0.3, -0.25) is 0 Å². The lowest BCUT2D eigenvalue weighted by atomic mass is 9.96. The van der Waals surface area contributed by atoms with Crippen molar-refractivity contribution in [2.45, 2.75) is 39.7 Å². The quantitative estimate of drug-likeness (QED) is 0.845. The molecular weight excluding hydrogens is 232 g/mol. The van der Waals surface area contributed by atoms with E-state index in [1.54, 1.807) is 0 Å². The van der Waals surface area contributed by atoms with Crippen molar-refractivity contribution in [2.24, 2.45) is 5.92 Å². The van der Waals surface area contributed by atoms with Crippen molar-refractivity contribution in [3.8, 4) is 0 Å². The van der Waals surface area contributed by atoms with Crippen LogP contribution in [0.1, 0.15) is 37.8 Å². The fraction of sp³-hybridized carbons (Fsp3) is 0.647. The van der Waals surface area contributed by atoms with Crippen LogP contribution in [0.15, 0.2) is 24.3 Å². The Bertz CT molecular complexity index is 367. The number of nitrogens with zero attached hydrogens (tertiary/aromatic N) is 1. The van der Waals surface area contributed by atoms with Gasteiger partial charge in [-0.1, -0.05) is 38.1 Å². The first kappa shape index (κ1) is 14.5. The van der Waals surface area contributed by atoms with E-state index >= 15 is 0 Å². The summed E-state index contributed by atoms with van der Waals surface area (Å²) >= 11 is 0. The van der Waals surface area contributed by atoms with E-state index in [1.807, 2.05) is 0 Å². The Labute approximate surface area is 118 Å². The minimum absolute atomic E-state index is 0.872. The van der Waals surface area contributed by atoms with Crippen LogP contribution in [0.4, 0.5) is 0 Å². The molecule has 2 nitrogen and oxygen atoms in total. The van der Waals surface area contributed by atoms with Gasteiger partial charge in [-0.05, 0) is 62.5 Å². The summed E-state index contributed by atoms with van der Waals surface area (Å²) in [5.74, 6) is 0.872. The normalized spacial score (nSPS) is 17.8. The molecule has 1 fully saturated rings. The molecule has 2 rings (SSSR count). The molecule has 0 radical (unpaired) electrons. The summed E-state index contributed by atoms with van der Waals surface area (Å²) in [5.41, 5.74) is 2.95. The first-order chi connectivity index (χ1) is 9.33. The van der Waals surface area contributed by atoms with Gasteiger partial charge in [-0.2, -0.15) is 0 Å². The number of hydrogen-bond acceptors (Lipinski definition) is 2. The highest BCUT2D eigenvalue weighted by Gasteiger charge is 2.17. The maximum absolute atomic E-state index is 3.66. The maximum Gasteiger partial charge on any atom is 0.0208 e. The molecule has 0 spiro atoms. The second-order valence-electron chi connectivity index (χ2n) is 5.63. The van der Waals surface area contributed by atoms with Crippen LogP contribution < -0.4 is 5.32 Å². The molecule has 1 aliphatic heterocycles. The second-order valence-corrected chi connectivity index (χ2v) is 5.63. The molecule has 1 aromatic carbocycles. The molecule has 0 bridgehead atoms. The molecule has 0 aliphatic carbocycles. The minimum Gasteiger partial charge on any atom is -0.312 e. The molecule has 0 amide bonds. The highest BCUT2D eigenvalue weighted by Crippen LogP contribution is 2.16. The number of rotatable bonds is 6. The molecule has 106 valence electrons. The first-order valence-corrected chi connectivity index (χ1v) is 7.83. The lowest BCUT2D eigenvalue weighted by Crippen LogP contribution is -2.37. The van der Waals surface area contributed by atoms with Gasteiger partial charge in [0.2, 0.25) is 0 Å². The molecule has 0 atom stereocenters. The van der Waals surface area contributed by atoms with Crippen LogP contribution in [-0.2, 0) is 13.0 Å². The van der Waals surface area contributed by atoms with E-state index in [0.29, 0.717) is 0 Å².